The van der Waals surface area contributed by atoms with Crippen LogP contribution in [0.15, 0.2) is 22.6 Å². The number of hydrogen-bond donors (Lipinski definition) is 0. The average molecular weight is 198 g/mol. The molecule has 0 fully saturated rings. The summed E-state index contributed by atoms with van der Waals surface area (Å²) in [7, 11) is 0. The minimum absolute atomic E-state index is 0.531. The van der Waals surface area contributed by atoms with Gasteiger partial charge in [-0.1, -0.05) is 11.8 Å². The second kappa shape index (κ2) is 6.29. The van der Waals surface area contributed by atoms with Crippen molar-refractivity contribution in [1.82, 2.24) is 0 Å². The quantitative estimate of drug-likeness (QED) is 0.423. The largest absolute Gasteiger partial charge is 0.461 e. The van der Waals surface area contributed by atoms with Gasteiger partial charge in [0, 0.05) is 0 Å². The molecule has 0 aromatic carbocycles. The van der Waals surface area contributed by atoms with E-state index in [2.05, 4.69) is 23.7 Å². The summed E-state index contributed by atoms with van der Waals surface area (Å²) in [4.78, 5) is 10.1. The van der Waals surface area contributed by atoms with Crippen molar-refractivity contribution >= 4 is 12.4 Å². The molecule has 0 aliphatic carbocycles. The lowest BCUT2D eigenvalue weighted by molar-refractivity contribution is -0.104. The topological polar surface area (TPSA) is 30.2 Å². The fourth-order valence-electron chi connectivity index (χ4n) is 0.951. The van der Waals surface area contributed by atoms with E-state index in [1.165, 1.54) is 6.08 Å². The van der Waals surface area contributed by atoms with Crippen LogP contribution in [-0.4, -0.2) is 6.29 Å². The Morgan fingerprint density at radius 2 is 2.27 bits per heavy atom. The molecule has 1 rings (SSSR count). The number of furan rings is 1. The summed E-state index contributed by atoms with van der Waals surface area (Å²) in [5, 5.41) is 0. The molecule has 0 bridgehead atoms. The first kappa shape index (κ1) is 10.9. The Morgan fingerprint density at radius 1 is 1.40 bits per heavy atom. The van der Waals surface area contributed by atoms with Crippen molar-refractivity contribution in [2.24, 2.45) is 0 Å². The van der Waals surface area contributed by atoms with Crippen LogP contribution in [-0.2, 0) is 11.2 Å². The zero-order valence-corrected chi connectivity index (χ0v) is 8.41. The molecule has 0 radical (unpaired) electrons. The van der Waals surface area contributed by atoms with Gasteiger partial charge in [0.2, 0.25) is 0 Å². The number of carbonyl (C=O) groups excluding carboxylic acids is 1. The summed E-state index contributed by atoms with van der Waals surface area (Å²) in [6.45, 7) is 1.74. The number of carbonyl (C=O) groups is 1. The SMILES string of the molecule is CC#CC#CCc1ccc(/C=C/C=O)o1. The van der Waals surface area contributed by atoms with Crippen LogP contribution in [0.5, 0.6) is 0 Å². The maximum Gasteiger partial charge on any atom is 0.142 e. The van der Waals surface area contributed by atoms with E-state index in [9.17, 15) is 4.79 Å². The number of rotatable bonds is 3. The van der Waals surface area contributed by atoms with Crippen LogP contribution in [0.3, 0.4) is 0 Å². The Bertz CT molecular complexity index is 470. The molecule has 0 aliphatic rings. The van der Waals surface area contributed by atoms with Gasteiger partial charge in [-0.2, -0.15) is 0 Å². The molecule has 0 atom stereocenters. The summed E-state index contributed by atoms with van der Waals surface area (Å²) >= 11 is 0. The van der Waals surface area contributed by atoms with E-state index >= 15 is 0 Å². The van der Waals surface area contributed by atoms with E-state index < -0.39 is 0 Å². The van der Waals surface area contributed by atoms with Gasteiger partial charge in [-0.25, -0.2) is 0 Å². The van der Waals surface area contributed by atoms with Crippen molar-refractivity contribution < 1.29 is 9.21 Å². The first-order valence-electron chi connectivity index (χ1n) is 4.47. The normalized spacial score (nSPS) is 8.87. The van der Waals surface area contributed by atoms with Gasteiger partial charge in [-0.15, -0.1) is 0 Å². The molecule has 2 heteroatoms. The maximum atomic E-state index is 10.1. The van der Waals surface area contributed by atoms with Crippen molar-refractivity contribution in [3.63, 3.8) is 0 Å². The molecule has 2 nitrogen and oxygen atoms in total. The van der Waals surface area contributed by atoms with E-state index in [0.717, 1.165) is 5.76 Å². The van der Waals surface area contributed by atoms with E-state index in [1.54, 1.807) is 19.1 Å². The minimum Gasteiger partial charge on any atom is -0.461 e. The Balaban J connectivity index is 2.60. The molecule has 1 aromatic heterocycles. The first-order valence-corrected chi connectivity index (χ1v) is 4.47. The Kier molecular flexibility index (Phi) is 4.57. The summed E-state index contributed by atoms with van der Waals surface area (Å²) in [6.07, 6.45) is 4.23. The molecule has 1 aromatic rings. The van der Waals surface area contributed by atoms with Gasteiger partial charge >= 0.3 is 0 Å². The predicted molar refractivity (Wildman–Crippen MR) is 58.7 cm³/mol. The lowest BCUT2D eigenvalue weighted by Crippen LogP contribution is -1.73. The number of allylic oxidation sites excluding steroid dienone is 1. The van der Waals surface area contributed by atoms with E-state index in [4.69, 9.17) is 4.42 Å². The summed E-state index contributed by atoms with van der Waals surface area (Å²) in [5.74, 6) is 12.3. The standard InChI is InChI=1S/C13H10O2/c1-2-3-4-5-7-12-9-10-13(15-12)8-6-11-14/h6,8-11H,7H2,1H3/b8-6+. The monoisotopic (exact) mass is 198 g/mol. The average Bonchev–Trinajstić information content (AvgIpc) is 2.69. The van der Waals surface area contributed by atoms with Gasteiger partial charge in [0.25, 0.3) is 0 Å². The zero-order valence-electron chi connectivity index (χ0n) is 8.41. The highest BCUT2D eigenvalue weighted by molar-refractivity contribution is 5.72. The van der Waals surface area contributed by atoms with E-state index in [-0.39, 0.29) is 0 Å². The van der Waals surface area contributed by atoms with Gasteiger partial charge in [0.05, 0.1) is 6.42 Å². The molecule has 0 unspecified atom stereocenters. The number of hydrogen-bond acceptors (Lipinski definition) is 2. The van der Waals surface area contributed by atoms with Crippen LogP contribution >= 0.6 is 0 Å². The predicted octanol–water partition coefficient (Wildman–Crippen LogP) is 2.06. The highest BCUT2D eigenvalue weighted by Gasteiger charge is 1.96. The smallest absolute Gasteiger partial charge is 0.142 e. The van der Waals surface area contributed by atoms with Crippen LogP contribution in [0.1, 0.15) is 18.4 Å². The van der Waals surface area contributed by atoms with Gasteiger partial charge in [0.1, 0.15) is 17.8 Å². The lowest BCUT2D eigenvalue weighted by atomic mass is 10.3. The molecule has 74 valence electrons. The minimum atomic E-state index is 0.531. The van der Waals surface area contributed by atoms with Crippen LogP contribution in [0.2, 0.25) is 0 Å². The Morgan fingerprint density at radius 3 is 3.00 bits per heavy atom. The summed E-state index contributed by atoms with van der Waals surface area (Å²) in [6, 6.07) is 3.63. The molecule has 1 heterocycles. The second-order valence-electron chi connectivity index (χ2n) is 2.65. The summed E-state index contributed by atoms with van der Waals surface area (Å²) in [5.41, 5.74) is 0. The summed E-state index contributed by atoms with van der Waals surface area (Å²) < 4.78 is 5.37. The lowest BCUT2D eigenvalue weighted by Gasteiger charge is -1.85. The fraction of sp³-hybridized carbons (Fsp3) is 0.154. The van der Waals surface area contributed by atoms with Crippen molar-refractivity contribution in [3.8, 4) is 23.7 Å². The van der Waals surface area contributed by atoms with Gasteiger partial charge < -0.3 is 4.42 Å². The molecule has 0 spiro atoms. The van der Waals surface area contributed by atoms with Crippen LogP contribution in [0.4, 0.5) is 0 Å². The molecular weight excluding hydrogens is 188 g/mol. The number of aldehydes is 1. The maximum absolute atomic E-state index is 10.1. The zero-order chi connectivity index (χ0) is 10.9. The van der Waals surface area contributed by atoms with E-state index in [0.29, 0.717) is 18.5 Å². The second-order valence-corrected chi connectivity index (χ2v) is 2.65. The highest BCUT2D eigenvalue weighted by atomic mass is 16.3. The molecular formula is C13H10O2. The van der Waals surface area contributed by atoms with Crippen LogP contribution in [0.25, 0.3) is 6.08 Å². The Labute approximate surface area is 89.0 Å². The Hall–Kier alpha value is -2.19. The van der Waals surface area contributed by atoms with Crippen molar-refractivity contribution in [1.29, 1.82) is 0 Å². The van der Waals surface area contributed by atoms with E-state index in [1.807, 2.05) is 6.07 Å². The fourth-order valence-corrected chi connectivity index (χ4v) is 0.951. The van der Waals surface area contributed by atoms with Crippen molar-refractivity contribution in [3.05, 3.63) is 29.7 Å². The van der Waals surface area contributed by atoms with Gasteiger partial charge in [-0.3, -0.25) is 4.79 Å². The molecule has 15 heavy (non-hydrogen) atoms. The third kappa shape index (κ3) is 4.02. The third-order valence-corrected chi connectivity index (χ3v) is 1.56. The van der Waals surface area contributed by atoms with Gasteiger partial charge in [0.15, 0.2) is 0 Å². The van der Waals surface area contributed by atoms with Crippen molar-refractivity contribution in [2.45, 2.75) is 13.3 Å². The van der Waals surface area contributed by atoms with Crippen LogP contribution < -0.4 is 0 Å². The van der Waals surface area contributed by atoms with Gasteiger partial charge in [-0.05, 0) is 43.0 Å². The van der Waals surface area contributed by atoms with Crippen molar-refractivity contribution in [2.75, 3.05) is 0 Å². The molecule has 0 N–H and O–H groups in total. The molecule has 0 amide bonds. The molecule has 0 saturated heterocycles. The molecule has 0 saturated carbocycles. The highest BCUT2D eigenvalue weighted by Crippen LogP contribution is 2.09. The molecule has 0 aliphatic heterocycles. The van der Waals surface area contributed by atoms with Crippen LogP contribution in [0, 0.1) is 23.7 Å². The third-order valence-electron chi connectivity index (χ3n) is 1.56. The first-order chi connectivity index (χ1) is 7.36.